The average Bonchev–Trinajstić information content (AvgIpc) is 2.28. The number of aromatic amines is 1. The number of hydrogen-bond acceptors (Lipinski definition) is 2. The average molecular weight is 230 g/mol. The SMILES string of the molecule is N#Cc1c(-c2cccc(F)c2)cc[nH]c1=S. The van der Waals surface area contributed by atoms with Crippen LogP contribution < -0.4 is 0 Å². The molecule has 2 rings (SSSR count). The summed E-state index contributed by atoms with van der Waals surface area (Å²) in [6.45, 7) is 0. The predicted molar refractivity (Wildman–Crippen MR) is 61.7 cm³/mol. The summed E-state index contributed by atoms with van der Waals surface area (Å²) in [5.74, 6) is -0.333. The molecule has 1 aromatic carbocycles. The number of hydrogen-bond donors (Lipinski definition) is 1. The summed E-state index contributed by atoms with van der Waals surface area (Å²) in [7, 11) is 0. The molecule has 0 aliphatic rings. The lowest BCUT2D eigenvalue weighted by atomic mass is 10.0. The van der Waals surface area contributed by atoms with Gasteiger partial charge in [0.2, 0.25) is 0 Å². The van der Waals surface area contributed by atoms with Crippen LogP contribution in [0.2, 0.25) is 0 Å². The van der Waals surface area contributed by atoms with Crippen LogP contribution in [0.5, 0.6) is 0 Å². The van der Waals surface area contributed by atoms with Crippen molar-refractivity contribution in [1.82, 2.24) is 4.98 Å². The zero-order valence-corrected chi connectivity index (χ0v) is 9.01. The minimum absolute atomic E-state index is 0.333. The van der Waals surface area contributed by atoms with Crippen molar-refractivity contribution in [2.75, 3.05) is 0 Å². The lowest BCUT2D eigenvalue weighted by Crippen LogP contribution is -1.88. The molecular formula is C12H7FN2S. The Hall–Kier alpha value is -1.99. The van der Waals surface area contributed by atoms with E-state index in [4.69, 9.17) is 17.5 Å². The Morgan fingerprint density at radius 2 is 2.12 bits per heavy atom. The molecule has 1 heterocycles. The Morgan fingerprint density at radius 1 is 1.31 bits per heavy atom. The fourth-order valence-electron chi connectivity index (χ4n) is 1.49. The first kappa shape index (κ1) is 10.5. The van der Waals surface area contributed by atoms with Gasteiger partial charge in [0.1, 0.15) is 16.5 Å². The molecule has 0 amide bonds. The van der Waals surface area contributed by atoms with Crippen LogP contribution in [0.3, 0.4) is 0 Å². The molecule has 0 atom stereocenters. The highest BCUT2D eigenvalue weighted by Gasteiger charge is 2.06. The fourth-order valence-corrected chi connectivity index (χ4v) is 1.71. The minimum atomic E-state index is -0.333. The third kappa shape index (κ3) is 1.86. The number of halogens is 1. The Labute approximate surface area is 97.0 Å². The largest absolute Gasteiger partial charge is 0.352 e. The zero-order valence-electron chi connectivity index (χ0n) is 8.20. The summed E-state index contributed by atoms with van der Waals surface area (Å²) in [4.78, 5) is 2.77. The van der Waals surface area contributed by atoms with Crippen molar-refractivity contribution in [2.24, 2.45) is 0 Å². The van der Waals surface area contributed by atoms with Crippen molar-refractivity contribution in [3.8, 4) is 17.2 Å². The van der Waals surface area contributed by atoms with E-state index in [0.29, 0.717) is 21.3 Å². The molecule has 0 radical (unpaired) electrons. The molecule has 0 spiro atoms. The lowest BCUT2D eigenvalue weighted by molar-refractivity contribution is 0.628. The molecule has 0 aliphatic heterocycles. The van der Waals surface area contributed by atoms with Gasteiger partial charge >= 0.3 is 0 Å². The van der Waals surface area contributed by atoms with Gasteiger partial charge in [-0.2, -0.15) is 5.26 Å². The van der Waals surface area contributed by atoms with Crippen molar-refractivity contribution < 1.29 is 4.39 Å². The van der Waals surface area contributed by atoms with Crippen LogP contribution in [0.4, 0.5) is 4.39 Å². The zero-order chi connectivity index (χ0) is 11.5. The van der Waals surface area contributed by atoms with E-state index in [0.717, 1.165) is 0 Å². The third-order valence-corrected chi connectivity index (χ3v) is 2.53. The number of benzene rings is 1. The number of pyridine rings is 1. The van der Waals surface area contributed by atoms with Gasteiger partial charge in [-0.15, -0.1) is 0 Å². The van der Waals surface area contributed by atoms with Crippen LogP contribution in [-0.2, 0) is 0 Å². The van der Waals surface area contributed by atoms with Crippen LogP contribution in [0.1, 0.15) is 5.56 Å². The van der Waals surface area contributed by atoms with E-state index in [1.807, 2.05) is 6.07 Å². The summed E-state index contributed by atoms with van der Waals surface area (Å²) < 4.78 is 13.4. The van der Waals surface area contributed by atoms with Crippen molar-refractivity contribution in [1.29, 1.82) is 5.26 Å². The maximum absolute atomic E-state index is 13.1. The number of H-pyrrole nitrogens is 1. The molecule has 0 fully saturated rings. The van der Waals surface area contributed by atoms with E-state index in [1.54, 1.807) is 24.4 Å². The van der Waals surface area contributed by atoms with E-state index in [1.165, 1.54) is 12.1 Å². The summed E-state index contributed by atoms with van der Waals surface area (Å²) >= 11 is 5.00. The number of rotatable bonds is 1. The van der Waals surface area contributed by atoms with E-state index < -0.39 is 0 Å². The maximum Gasteiger partial charge on any atom is 0.123 e. The van der Waals surface area contributed by atoms with Crippen molar-refractivity contribution in [3.63, 3.8) is 0 Å². The van der Waals surface area contributed by atoms with Gasteiger partial charge in [0.25, 0.3) is 0 Å². The van der Waals surface area contributed by atoms with Gasteiger partial charge in [0.05, 0.1) is 5.56 Å². The van der Waals surface area contributed by atoms with Gasteiger partial charge in [-0.3, -0.25) is 0 Å². The first-order valence-electron chi connectivity index (χ1n) is 4.60. The number of nitrogens with one attached hydrogen (secondary N) is 1. The molecule has 0 saturated carbocycles. The molecule has 0 bridgehead atoms. The predicted octanol–water partition coefficient (Wildman–Crippen LogP) is 3.42. The van der Waals surface area contributed by atoms with Crippen molar-refractivity contribution in [2.45, 2.75) is 0 Å². The molecule has 2 aromatic rings. The standard InChI is InChI=1S/C12H7FN2S/c13-9-3-1-2-8(6-9)10-4-5-15-12(16)11(10)7-14/h1-6H,(H,15,16). The van der Waals surface area contributed by atoms with Crippen LogP contribution in [0.15, 0.2) is 36.5 Å². The molecule has 4 heteroatoms. The second kappa shape index (κ2) is 4.25. The normalized spacial score (nSPS) is 9.75. The van der Waals surface area contributed by atoms with Crippen molar-refractivity contribution >= 4 is 12.2 Å². The van der Waals surface area contributed by atoms with Gasteiger partial charge in [0, 0.05) is 11.8 Å². The van der Waals surface area contributed by atoms with E-state index in [-0.39, 0.29) is 5.82 Å². The van der Waals surface area contributed by atoms with Crippen LogP contribution in [0, 0.1) is 21.8 Å². The Kier molecular flexibility index (Phi) is 2.80. The van der Waals surface area contributed by atoms with E-state index >= 15 is 0 Å². The molecule has 0 aliphatic carbocycles. The minimum Gasteiger partial charge on any atom is -0.352 e. The van der Waals surface area contributed by atoms with Gasteiger partial charge in [-0.1, -0.05) is 24.4 Å². The Bertz CT molecular complexity index is 625. The smallest absolute Gasteiger partial charge is 0.123 e. The molecular weight excluding hydrogens is 223 g/mol. The summed E-state index contributed by atoms with van der Waals surface area (Å²) in [5.41, 5.74) is 1.66. The molecule has 0 saturated heterocycles. The second-order valence-electron chi connectivity index (χ2n) is 3.22. The van der Waals surface area contributed by atoms with Crippen LogP contribution in [-0.4, -0.2) is 4.98 Å². The summed E-state index contributed by atoms with van der Waals surface area (Å²) in [6, 6.07) is 9.82. The van der Waals surface area contributed by atoms with Crippen LogP contribution in [0.25, 0.3) is 11.1 Å². The van der Waals surface area contributed by atoms with Crippen LogP contribution >= 0.6 is 12.2 Å². The maximum atomic E-state index is 13.1. The molecule has 0 unspecified atom stereocenters. The molecule has 16 heavy (non-hydrogen) atoms. The number of nitriles is 1. The van der Waals surface area contributed by atoms with Gasteiger partial charge in [-0.05, 0) is 23.8 Å². The van der Waals surface area contributed by atoms with E-state index in [9.17, 15) is 4.39 Å². The highest BCUT2D eigenvalue weighted by atomic mass is 32.1. The fraction of sp³-hybridized carbons (Fsp3) is 0. The summed E-state index contributed by atoms with van der Waals surface area (Å²) in [6.07, 6.45) is 1.64. The first-order chi connectivity index (χ1) is 7.72. The molecule has 1 aromatic heterocycles. The van der Waals surface area contributed by atoms with Gasteiger partial charge in [-0.25, -0.2) is 4.39 Å². The second-order valence-corrected chi connectivity index (χ2v) is 3.63. The van der Waals surface area contributed by atoms with Crippen molar-refractivity contribution in [3.05, 3.63) is 52.5 Å². The number of nitrogens with zero attached hydrogens (tertiary/aromatic N) is 1. The molecule has 78 valence electrons. The highest BCUT2D eigenvalue weighted by molar-refractivity contribution is 7.71. The van der Waals surface area contributed by atoms with Gasteiger partial charge < -0.3 is 4.98 Å². The van der Waals surface area contributed by atoms with Gasteiger partial charge in [0.15, 0.2) is 0 Å². The lowest BCUT2D eigenvalue weighted by Gasteiger charge is -2.03. The quantitative estimate of drug-likeness (QED) is 0.762. The highest BCUT2D eigenvalue weighted by Crippen LogP contribution is 2.23. The first-order valence-corrected chi connectivity index (χ1v) is 5.01. The molecule has 1 N–H and O–H groups in total. The number of aromatic nitrogens is 1. The molecule has 2 nitrogen and oxygen atoms in total. The Balaban J connectivity index is 2.71. The monoisotopic (exact) mass is 230 g/mol. The topological polar surface area (TPSA) is 39.6 Å². The third-order valence-electron chi connectivity index (χ3n) is 2.21. The summed E-state index contributed by atoms with van der Waals surface area (Å²) in [5, 5.41) is 9.00. The van der Waals surface area contributed by atoms with E-state index in [2.05, 4.69) is 4.98 Å². The Morgan fingerprint density at radius 3 is 2.81 bits per heavy atom.